The Kier molecular flexibility index (Phi) is 6.16. The van der Waals surface area contributed by atoms with Crippen LogP contribution in [0, 0.1) is 17.7 Å². The summed E-state index contributed by atoms with van der Waals surface area (Å²) in [5.74, 6) is -0.510. The zero-order chi connectivity index (χ0) is 16.9. The lowest BCUT2D eigenvalue weighted by Gasteiger charge is -2.20. The van der Waals surface area contributed by atoms with Gasteiger partial charge in [-0.2, -0.15) is 0 Å². The fourth-order valence-corrected chi connectivity index (χ4v) is 3.30. The number of sulfone groups is 1. The van der Waals surface area contributed by atoms with Crippen LogP contribution in [-0.4, -0.2) is 31.8 Å². The van der Waals surface area contributed by atoms with Crippen molar-refractivity contribution in [2.45, 2.75) is 24.8 Å². The molecule has 1 aliphatic rings. The van der Waals surface area contributed by atoms with Crippen LogP contribution in [0.15, 0.2) is 57.1 Å². The first-order chi connectivity index (χ1) is 10.4. The molecule has 0 spiro atoms. The highest BCUT2D eigenvalue weighted by atomic mass is 32.2. The summed E-state index contributed by atoms with van der Waals surface area (Å²) in [6.07, 6.45) is 1.43. The highest BCUT2D eigenvalue weighted by Crippen LogP contribution is 2.30. The van der Waals surface area contributed by atoms with E-state index < -0.39 is 21.9 Å². The first-order valence-electron chi connectivity index (χ1n) is 6.57. The Balaban J connectivity index is 0.00000116. The molecule has 0 aromatic heterocycles. The molecule has 2 atom stereocenters. The smallest absolute Gasteiger partial charge is 0.206 e. The standard InChI is InChI=1S/C14H15NO4S.CH4O/c1-9-3-5-11(6-4-9)20(18,19)12-7-13(15-17)10(2)14(16)8-12;1-2/h3-8,10,14,16H,1-2H3;2H,1H3. The van der Waals surface area contributed by atoms with E-state index in [-0.39, 0.29) is 15.5 Å². The molecule has 0 fully saturated rings. The summed E-state index contributed by atoms with van der Waals surface area (Å²) in [6, 6.07) is 6.38. The molecule has 22 heavy (non-hydrogen) atoms. The molecule has 0 bridgehead atoms. The van der Waals surface area contributed by atoms with E-state index in [0.717, 1.165) is 12.7 Å². The predicted octanol–water partition coefficient (Wildman–Crippen LogP) is 1.92. The van der Waals surface area contributed by atoms with Crippen LogP contribution < -0.4 is 0 Å². The molecule has 2 rings (SSSR count). The second-order valence-electron chi connectivity index (χ2n) is 4.83. The summed E-state index contributed by atoms with van der Waals surface area (Å²) in [4.78, 5) is 10.7. The molecule has 1 aromatic carbocycles. The molecular formula is C15H19NO5S. The summed E-state index contributed by atoms with van der Waals surface area (Å²) in [5.41, 5.74) is 0.978. The van der Waals surface area contributed by atoms with Gasteiger partial charge in [0.2, 0.25) is 9.84 Å². The Bertz CT molecular complexity index is 689. The maximum Gasteiger partial charge on any atom is 0.206 e. The highest BCUT2D eigenvalue weighted by molar-refractivity contribution is 7.95. The van der Waals surface area contributed by atoms with E-state index in [1.165, 1.54) is 24.3 Å². The summed E-state index contributed by atoms with van der Waals surface area (Å²) < 4.78 is 24.9. The normalized spacial score (nSPS) is 21.1. The fourth-order valence-electron chi connectivity index (χ4n) is 1.94. The molecule has 0 aliphatic heterocycles. The quantitative estimate of drug-likeness (QED) is 0.826. The number of allylic oxidation sites excluding steroid dienone is 1. The van der Waals surface area contributed by atoms with Crippen molar-refractivity contribution in [1.29, 1.82) is 0 Å². The van der Waals surface area contributed by atoms with Crippen LogP contribution in [-0.2, 0) is 9.84 Å². The van der Waals surface area contributed by atoms with Crippen molar-refractivity contribution in [3.05, 3.63) is 57.5 Å². The van der Waals surface area contributed by atoms with Gasteiger partial charge in [-0.15, -0.1) is 4.91 Å². The van der Waals surface area contributed by atoms with Crippen LogP contribution in [0.5, 0.6) is 0 Å². The number of nitroso groups, excluding NO2 is 1. The minimum absolute atomic E-state index is 0.0330. The van der Waals surface area contributed by atoms with E-state index in [1.807, 2.05) is 6.92 Å². The van der Waals surface area contributed by atoms with Gasteiger partial charge in [-0.25, -0.2) is 8.42 Å². The molecule has 0 amide bonds. The molecular weight excluding hydrogens is 306 g/mol. The molecule has 0 radical (unpaired) electrons. The number of hydrogen-bond acceptors (Lipinski definition) is 6. The molecule has 0 heterocycles. The van der Waals surface area contributed by atoms with Gasteiger partial charge >= 0.3 is 0 Å². The lowest BCUT2D eigenvalue weighted by molar-refractivity contribution is 0.177. The number of benzene rings is 1. The average Bonchev–Trinajstić information content (AvgIpc) is 2.52. The zero-order valence-corrected chi connectivity index (χ0v) is 13.4. The van der Waals surface area contributed by atoms with Gasteiger partial charge in [0.15, 0.2) is 0 Å². The summed E-state index contributed by atoms with van der Waals surface area (Å²) in [5, 5.41) is 19.6. The number of nitrogens with zero attached hydrogens (tertiary/aromatic N) is 1. The molecule has 0 saturated heterocycles. The van der Waals surface area contributed by atoms with E-state index in [9.17, 15) is 18.4 Å². The molecule has 7 heteroatoms. The topological polar surface area (TPSA) is 104 Å². The summed E-state index contributed by atoms with van der Waals surface area (Å²) >= 11 is 0. The minimum Gasteiger partial charge on any atom is -0.400 e. The third kappa shape index (κ3) is 3.68. The lowest BCUT2D eigenvalue weighted by Crippen LogP contribution is -2.22. The molecule has 120 valence electrons. The third-order valence-corrected chi connectivity index (χ3v) is 5.12. The summed E-state index contributed by atoms with van der Waals surface area (Å²) in [7, 11) is -2.75. The summed E-state index contributed by atoms with van der Waals surface area (Å²) in [6.45, 7) is 3.47. The largest absolute Gasteiger partial charge is 0.400 e. The Morgan fingerprint density at radius 1 is 1.14 bits per heavy atom. The van der Waals surface area contributed by atoms with Gasteiger partial charge in [-0.3, -0.25) is 0 Å². The second-order valence-corrected chi connectivity index (χ2v) is 6.77. The number of aliphatic hydroxyl groups excluding tert-OH is 2. The van der Waals surface area contributed by atoms with Crippen molar-refractivity contribution in [3.63, 3.8) is 0 Å². The number of aryl methyl sites for hydroxylation is 1. The van der Waals surface area contributed by atoms with E-state index in [2.05, 4.69) is 5.18 Å². The van der Waals surface area contributed by atoms with Gasteiger partial charge in [0.05, 0.1) is 21.6 Å². The number of hydrogen-bond donors (Lipinski definition) is 2. The number of aliphatic hydroxyl groups is 2. The first-order valence-corrected chi connectivity index (χ1v) is 8.06. The SMILES string of the molecule is CO.Cc1ccc(S(=O)(=O)C2=CC(O)C(C)C(N=O)=C2)cc1. The van der Waals surface area contributed by atoms with Crippen LogP contribution in [0.1, 0.15) is 12.5 Å². The maximum absolute atomic E-state index is 12.4. The van der Waals surface area contributed by atoms with E-state index in [1.54, 1.807) is 19.1 Å². The van der Waals surface area contributed by atoms with E-state index >= 15 is 0 Å². The van der Waals surface area contributed by atoms with Gasteiger partial charge in [0.25, 0.3) is 0 Å². The Morgan fingerprint density at radius 3 is 2.18 bits per heavy atom. The average molecular weight is 325 g/mol. The molecule has 1 aromatic rings. The van der Waals surface area contributed by atoms with Crippen LogP contribution >= 0.6 is 0 Å². The molecule has 6 nitrogen and oxygen atoms in total. The maximum atomic E-state index is 12.4. The monoisotopic (exact) mass is 325 g/mol. The predicted molar refractivity (Wildman–Crippen MR) is 83.6 cm³/mol. The Hall–Kier alpha value is -1.83. The van der Waals surface area contributed by atoms with Crippen LogP contribution in [0.2, 0.25) is 0 Å². The highest BCUT2D eigenvalue weighted by Gasteiger charge is 2.29. The van der Waals surface area contributed by atoms with Crippen molar-refractivity contribution < 1.29 is 18.6 Å². The van der Waals surface area contributed by atoms with Crippen LogP contribution in [0.4, 0.5) is 0 Å². The van der Waals surface area contributed by atoms with Crippen molar-refractivity contribution in [2.24, 2.45) is 11.1 Å². The molecule has 0 saturated carbocycles. The van der Waals surface area contributed by atoms with Crippen molar-refractivity contribution in [3.8, 4) is 0 Å². The van der Waals surface area contributed by atoms with Gasteiger partial charge < -0.3 is 10.2 Å². The Labute approximate surface area is 129 Å². The fraction of sp³-hybridized carbons (Fsp3) is 0.333. The van der Waals surface area contributed by atoms with Crippen molar-refractivity contribution in [1.82, 2.24) is 0 Å². The van der Waals surface area contributed by atoms with E-state index in [0.29, 0.717) is 0 Å². The lowest BCUT2D eigenvalue weighted by atomic mass is 9.96. The van der Waals surface area contributed by atoms with Crippen molar-refractivity contribution >= 4 is 9.84 Å². The van der Waals surface area contributed by atoms with Gasteiger partial charge in [0, 0.05) is 13.0 Å². The van der Waals surface area contributed by atoms with Crippen LogP contribution in [0.25, 0.3) is 0 Å². The molecule has 1 aliphatic carbocycles. The van der Waals surface area contributed by atoms with Crippen LogP contribution in [0.3, 0.4) is 0 Å². The number of rotatable bonds is 3. The van der Waals surface area contributed by atoms with Gasteiger partial charge in [-0.1, -0.05) is 24.6 Å². The molecule has 2 unspecified atom stereocenters. The van der Waals surface area contributed by atoms with Crippen molar-refractivity contribution in [2.75, 3.05) is 7.11 Å². The Morgan fingerprint density at radius 2 is 1.68 bits per heavy atom. The van der Waals surface area contributed by atoms with Gasteiger partial charge in [0.1, 0.15) is 0 Å². The second kappa shape index (κ2) is 7.44. The van der Waals surface area contributed by atoms with Gasteiger partial charge in [-0.05, 0) is 36.4 Å². The third-order valence-electron chi connectivity index (χ3n) is 3.35. The minimum atomic E-state index is -3.75. The zero-order valence-electron chi connectivity index (χ0n) is 12.6. The first kappa shape index (κ1) is 18.2. The molecule has 2 N–H and O–H groups in total. The van der Waals surface area contributed by atoms with E-state index in [4.69, 9.17) is 5.11 Å².